The average molecular weight is 366 g/mol. The number of para-hydroxylation sites is 1. The third-order valence-corrected chi connectivity index (χ3v) is 5.32. The summed E-state index contributed by atoms with van der Waals surface area (Å²) in [6.45, 7) is 1.75. The van der Waals surface area contributed by atoms with Crippen molar-refractivity contribution >= 4 is 9.84 Å². The number of hydrogen-bond donors (Lipinski definition) is 0. The first kappa shape index (κ1) is 17.2. The fraction of sp³-hybridized carbons (Fsp3) is 0.118. The number of aromatic nitrogens is 2. The Labute approximate surface area is 142 Å². The molecule has 0 radical (unpaired) electrons. The summed E-state index contributed by atoms with van der Waals surface area (Å²) in [5, 5.41) is -1.01. The molecule has 0 atom stereocenters. The van der Waals surface area contributed by atoms with E-state index in [9.17, 15) is 21.6 Å². The molecule has 0 bridgehead atoms. The third-order valence-electron chi connectivity index (χ3n) is 3.62. The van der Waals surface area contributed by atoms with Crippen LogP contribution >= 0.6 is 0 Å². The Morgan fingerprint density at radius 3 is 2.12 bits per heavy atom. The number of aryl methyl sites for hydroxylation is 1. The van der Waals surface area contributed by atoms with E-state index >= 15 is 0 Å². The third kappa shape index (κ3) is 3.17. The molecule has 8 heteroatoms. The van der Waals surface area contributed by atoms with E-state index in [1.54, 1.807) is 25.1 Å². The number of sulfone groups is 1. The molecule has 0 aliphatic rings. The van der Waals surface area contributed by atoms with Crippen molar-refractivity contribution in [2.75, 3.05) is 0 Å². The lowest BCUT2D eigenvalue weighted by molar-refractivity contribution is -0.144. The molecule has 0 amide bonds. The minimum Gasteiger partial charge on any atom is -0.294 e. The fourth-order valence-corrected chi connectivity index (χ4v) is 3.77. The maximum Gasteiger partial charge on any atom is 0.434 e. The van der Waals surface area contributed by atoms with Crippen LogP contribution in [0.2, 0.25) is 0 Å². The van der Waals surface area contributed by atoms with Crippen LogP contribution in [0.15, 0.2) is 70.8 Å². The summed E-state index contributed by atoms with van der Waals surface area (Å²) in [6.07, 6.45) is -4.02. The Morgan fingerprint density at radius 2 is 1.56 bits per heavy atom. The summed E-state index contributed by atoms with van der Waals surface area (Å²) in [5.41, 5.74) is -0.350. The van der Waals surface area contributed by atoms with Crippen LogP contribution in [0.4, 0.5) is 13.2 Å². The number of nitrogens with zero attached hydrogens (tertiary/aromatic N) is 2. The smallest absolute Gasteiger partial charge is 0.294 e. The van der Waals surface area contributed by atoms with Gasteiger partial charge in [-0.15, -0.1) is 0 Å². The second-order valence-electron chi connectivity index (χ2n) is 5.42. The Morgan fingerprint density at radius 1 is 0.960 bits per heavy atom. The average Bonchev–Trinajstić information content (AvgIpc) is 3.02. The largest absolute Gasteiger partial charge is 0.434 e. The summed E-state index contributed by atoms with van der Waals surface area (Å²) in [6, 6.07) is 13.2. The number of imidazole rings is 1. The number of benzene rings is 2. The van der Waals surface area contributed by atoms with E-state index in [4.69, 9.17) is 0 Å². The van der Waals surface area contributed by atoms with Gasteiger partial charge in [-0.3, -0.25) is 4.57 Å². The zero-order valence-corrected chi connectivity index (χ0v) is 13.8. The van der Waals surface area contributed by atoms with Gasteiger partial charge in [0.25, 0.3) is 0 Å². The molecule has 0 N–H and O–H groups in total. The maximum absolute atomic E-state index is 13.6. The van der Waals surface area contributed by atoms with Gasteiger partial charge in [-0.1, -0.05) is 35.9 Å². The number of halogens is 3. The maximum atomic E-state index is 13.6. The molecule has 2 aromatic carbocycles. The highest BCUT2D eigenvalue weighted by Crippen LogP contribution is 2.37. The molecule has 25 heavy (non-hydrogen) atoms. The molecule has 1 aromatic heterocycles. The highest BCUT2D eigenvalue weighted by atomic mass is 32.2. The van der Waals surface area contributed by atoms with Crippen molar-refractivity contribution in [1.82, 2.24) is 9.55 Å². The lowest BCUT2D eigenvalue weighted by atomic mass is 10.2. The topological polar surface area (TPSA) is 52.0 Å². The first-order valence-corrected chi connectivity index (χ1v) is 8.71. The first-order chi connectivity index (χ1) is 11.7. The van der Waals surface area contributed by atoms with Crippen LogP contribution in [0.3, 0.4) is 0 Å². The van der Waals surface area contributed by atoms with Gasteiger partial charge < -0.3 is 0 Å². The van der Waals surface area contributed by atoms with E-state index in [1.165, 1.54) is 36.4 Å². The van der Waals surface area contributed by atoms with Crippen LogP contribution < -0.4 is 0 Å². The Bertz CT molecular complexity index is 993. The van der Waals surface area contributed by atoms with Gasteiger partial charge in [0, 0.05) is 5.69 Å². The Balaban J connectivity index is 2.24. The van der Waals surface area contributed by atoms with E-state index in [2.05, 4.69) is 4.98 Å². The monoisotopic (exact) mass is 366 g/mol. The highest BCUT2D eigenvalue weighted by Gasteiger charge is 2.43. The van der Waals surface area contributed by atoms with Gasteiger partial charge in [0.15, 0.2) is 10.7 Å². The first-order valence-electron chi connectivity index (χ1n) is 7.23. The predicted molar refractivity (Wildman–Crippen MR) is 85.2 cm³/mol. The van der Waals surface area contributed by atoms with E-state index in [0.29, 0.717) is 0 Å². The van der Waals surface area contributed by atoms with Crippen molar-refractivity contribution in [2.45, 2.75) is 23.0 Å². The second kappa shape index (κ2) is 6.03. The van der Waals surface area contributed by atoms with Crippen LogP contribution in [0.5, 0.6) is 0 Å². The summed E-state index contributed by atoms with van der Waals surface area (Å²) in [7, 11) is -4.41. The van der Waals surface area contributed by atoms with E-state index < -0.39 is 26.7 Å². The minimum atomic E-state index is -4.89. The highest BCUT2D eigenvalue weighted by molar-refractivity contribution is 7.91. The van der Waals surface area contributed by atoms with Gasteiger partial charge in [-0.05, 0) is 31.2 Å². The van der Waals surface area contributed by atoms with Gasteiger partial charge in [-0.2, -0.15) is 13.2 Å². The van der Waals surface area contributed by atoms with E-state index in [-0.39, 0.29) is 10.6 Å². The normalized spacial score (nSPS) is 12.3. The summed E-state index contributed by atoms with van der Waals surface area (Å²) < 4.78 is 66.9. The van der Waals surface area contributed by atoms with Crippen molar-refractivity contribution in [3.05, 3.63) is 72.2 Å². The predicted octanol–water partition coefficient (Wildman–Crippen LogP) is 4.03. The Hall–Kier alpha value is -2.61. The molecule has 1 heterocycles. The number of alkyl halides is 3. The lowest BCUT2D eigenvalue weighted by Gasteiger charge is -2.13. The molecule has 0 aliphatic heterocycles. The molecular weight excluding hydrogens is 353 g/mol. The standard InChI is InChI=1S/C17H13F3N2O2S/c1-12-7-9-14(10-8-12)25(23,24)16-15(17(18,19)20)22(11-21-16)13-5-3-2-4-6-13/h2-11H,1H3. The van der Waals surface area contributed by atoms with Gasteiger partial charge in [0.2, 0.25) is 9.84 Å². The molecule has 4 nitrogen and oxygen atoms in total. The van der Waals surface area contributed by atoms with Crippen LogP contribution in [0.25, 0.3) is 5.69 Å². The fourth-order valence-electron chi connectivity index (χ4n) is 2.40. The second-order valence-corrected chi connectivity index (χ2v) is 7.28. The quantitative estimate of drug-likeness (QED) is 0.703. The van der Waals surface area contributed by atoms with Gasteiger partial charge in [0.05, 0.1) is 4.90 Å². The zero-order valence-electron chi connectivity index (χ0n) is 13.0. The molecule has 0 saturated carbocycles. The van der Waals surface area contributed by atoms with Gasteiger partial charge in [-0.25, -0.2) is 13.4 Å². The molecule has 0 unspecified atom stereocenters. The molecule has 3 rings (SSSR count). The van der Waals surface area contributed by atoms with Gasteiger partial charge >= 0.3 is 6.18 Å². The number of rotatable bonds is 3. The molecular formula is C17H13F3N2O2S. The molecule has 0 fully saturated rings. The lowest BCUT2D eigenvalue weighted by Crippen LogP contribution is -2.17. The minimum absolute atomic E-state index is 0.174. The number of hydrogen-bond acceptors (Lipinski definition) is 3. The Kier molecular flexibility index (Phi) is 4.16. The van der Waals surface area contributed by atoms with Crippen LogP contribution in [-0.2, 0) is 16.0 Å². The van der Waals surface area contributed by atoms with Crippen molar-refractivity contribution in [1.29, 1.82) is 0 Å². The molecule has 0 aliphatic carbocycles. The van der Waals surface area contributed by atoms with Crippen LogP contribution in [0, 0.1) is 6.92 Å². The molecule has 0 saturated heterocycles. The van der Waals surface area contributed by atoms with Crippen LogP contribution in [-0.4, -0.2) is 18.0 Å². The molecule has 0 spiro atoms. The summed E-state index contributed by atoms with van der Waals surface area (Å²) >= 11 is 0. The van der Waals surface area contributed by atoms with Crippen LogP contribution in [0.1, 0.15) is 11.3 Å². The summed E-state index contributed by atoms with van der Waals surface area (Å²) in [4.78, 5) is 3.35. The molecule has 3 aromatic rings. The molecule has 130 valence electrons. The summed E-state index contributed by atoms with van der Waals surface area (Å²) in [5.74, 6) is 0. The SMILES string of the molecule is Cc1ccc(S(=O)(=O)c2ncn(-c3ccccc3)c2C(F)(F)F)cc1. The van der Waals surface area contributed by atoms with Crippen molar-refractivity contribution < 1.29 is 21.6 Å². The zero-order chi connectivity index (χ0) is 18.2. The van der Waals surface area contributed by atoms with E-state index in [1.807, 2.05) is 0 Å². The van der Waals surface area contributed by atoms with Crippen molar-refractivity contribution in [3.8, 4) is 5.69 Å². The van der Waals surface area contributed by atoms with Gasteiger partial charge in [0.1, 0.15) is 6.33 Å². The van der Waals surface area contributed by atoms with Crippen molar-refractivity contribution in [2.24, 2.45) is 0 Å². The van der Waals surface area contributed by atoms with Crippen molar-refractivity contribution in [3.63, 3.8) is 0 Å². The van der Waals surface area contributed by atoms with E-state index in [0.717, 1.165) is 16.5 Å².